The minimum atomic E-state index is -3.14. The number of phenolic OH excluding ortho intramolecular Hbond substituents is 1. The van der Waals surface area contributed by atoms with Gasteiger partial charge in [0.2, 0.25) is 0 Å². The van der Waals surface area contributed by atoms with E-state index in [1.165, 1.54) is 24.3 Å². The van der Waals surface area contributed by atoms with Crippen molar-refractivity contribution in [1.82, 2.24) is 24.8 Å². The molecule has 4 aromatic rings. The standard InChI is InChI=1S/C35H35F3N6O3/c1-4-23-25(36)8-5-19-11-22(45)12-24(29(19)23)27-13-26-30(32(46)44(27)28-14-35(28,37)38)31(43-15-20-6-7-21(16-43)39-20)41-33(40-26)47-18-34(9-10-34)17-42(2)3/h1,5,8,11-13,20-21,28,39,45H,6-7,9-10,14-18H2,2-3H3. The van der Waals surface area contributed by atoms with Gasteiger partial charge in [-0.15, -0.1) is 6.42 Å². The second kappa shape index (κ2) is 10.6. The molecule has 3 atom stereocenters. The number of hydrogen-bond donors (Lipinski definition) is 2. The summed E-state index contributed by atoms with van der Waals surface area (Å²) < 4.78 is 52.2. The molecule has 4 aliphatic rings. The van der Waals surface area contributed by atoms with Crippen LogP contribution in [0.4, 0.5) is 19.0 Å². The molecule has 2 aliphatic heterocycles. The van der Waals surface area contributed by atoms with Gasteiger partial charge in [0, 0.05) is 54.5 Å². The summed E-state index contributed by atoms with van der Waals surface area (Å²) in [6.07, 6.45) is 9.19. The number of piperazine rings is 1. The third kappa shape index (κ3) is 5.16. The number of aromatic nitrogens is 3. The molecular formula is C35H35F3N6O3. The number of pyridine rings is 1. The lowest BCUT2D eigenvalue weighted by Gasteiger charge is -2.34. The van der Waals surface area contributed by atoms with Gasteiger partial charge in [-0.2, -0.15) is 9.97 Å². The fourth-order valence-corrected chi connectivity index (χ4v) is 7.62. The summed E-state index contributed by atoms with van der Waals surface area (Å²) in [4.78, 5) is 28.3. The van der Waals surface area contributed by atoms with E-state index in [-0.39, 0.29) is 62.4 Å². The van der Waals surface area contributed by atoms with Crippen LogP contribution < -0.4 is 20.5 Å². The summed E-state index contributed by atoms with van der Waals surface area (Å²) in [5.74, 6) is -1.28. The van der Waals surface area contributed by atoms with Gasteiger partial charge in [0.1, 0.15) is 28.8 Å². The largest absolute Gasteiger partial charge is 0.508 e. The molecule has 2 aromatic carbocycles. The van der Waals surface area contributed by atoms with Crippen LogP contribution in [-0.4, -0.2) is 82.9 Å². The lowest BCUT2D eigenvalue weighted by Crippen LogP contribution is -2.51. The molecule has 2 aromatic heterocycles. The Bertz CT molecular complexity index is 2040. The third-order valence-corrected chi connectivity index (χ3v) is 10.1. The fraction of sp³-hybridized carbons (Fsp3) is 0.457. The average molecular weight is 645 g/mol. The molecule has 0 radical (unpaired) electrons. The van der Waals surface area contributed by atoms with E-state index < -0.39 is 29.8 Å². The summed E-state index contributed by atoms with van der Waals surface area (Å²) in [5.41, 5.74) is -0.385. The van der Waals surface area contributed by atoms with Crippen molar-refractivity contribution in [3.05, 3.63) is 52.1 Å². The molecule has 244 valence electrons. The zero-order valence-corrected chi connectivity index (χ0v) is 26.2. The fourth-order valence-electron chi connectivity index (χ4n) is 7.62. The van der Waals surface area contributed by atoms with Gasteiger partial charge in [-0.05, 0) is 69.4 Å². The minimum absolute atomic E-state index is 0.0154. The maximum absolute atomic E-state index is 15.0. The number of phenols is 1. The molecule has 2 bridgehead atoms. The smallest absolute Gasteiger partial charge is 0.318 e. The lowest BCUT2D eigenvalue weighted by molar-refractivity contribution is 0.100. The molecule has 4 fully saturated rings. The van der Waals surface area contributed by atoms with E-state index >= 15 is 4.39 Å². The Balaban J connectivity index is 1.37. The highest BCUT2D eigenvalue weighted by Gasteiger charge is 2.59. The zero-order valence-electron chi connectivity index (χ0n) is 26.2. The SMILES string of the molecule is C#Cc1c(F)ccc2cc(O)cc(-c3cc4nc(OCC5(CN(C)C)CC5)nc(N5CC6CCC(C5)N6)c4c(=O)n3C3CC3(F)F)c12. The number of nitrogens with one attached hydrogen (secondary N) is 1. The second-order valence-corrected chi connectivity index (χ2v) is 14.0. The minimum Gasteiger partial charge on any atom is -0.508 e. The molecule has 47 heavy (non-hydrogen) atoms. The number of nitrogens with zero attached hydrogens (tertiary/aromatic N) is 5. The highest BCUT2D eigenvalue weighted by Crippen LogP contribution is 2.54. The van der Waals surface area contributed by atoms with Gasteiger partial charge < -0.3 is 25.0 Å². The Morgan fingerprint density at radius 1 is 1.13 bits per heavy atom. The lowest BCUT2D eigenvalue weighted by atomic mass is 9.95. The Hall–Kier alpha value is -4.34. The summed E-state index contributed by atoms with van der Waals surface area (Å²) in [7, 11) is 4.03. The summed E-state index contributed by atoms with van der Waals surface area (Å²) >= 11 is 0. The number of fused-ring (bicyclic) bond motifs is 4. The van der Waals surface area contributed by atoms with Crippen molar-refractivity contribution in [1.29, 1.82) is 0 Å². The van der Waals surface area contributed by atoms with Crippen LogP contribution in [0, 0.1) is 23.6 Å². The van der Waals surface area contributed by atoms with E-state index in [1.807, 2.05) is 19.0 Å². The topological polar surface area (TPSA) is 95.8 Å². The van der Waals surface area contributed by atoms with Crippen LogP contribution in [0.5, 0.6) is 11.8 Å². The van der Waals surface area contributed by atoms with Crippen LogP contribution in [0.3, 0.4) is 0 Å². The van der Waals surface area contributed by atoms with Gasteiger partial charge in [0.25, 0.3) is 11.5 Å². The highest BCUT2D eigenvalue weighted by molar-refractivity contribution is 6.03. The molecule has 9 nitrogen and oxygen atoms in total. The first kappa shape index (κ1) is 30.0. The monoisotopic (exact) mass is 644 g/mol. The van der Waals surface area contributed by atoms with Gasteiger partial charge >= 0.3 is 6.01 Å². The molecule has 3 unspecified atom stereocenters. The van der Waals surface area contributed by atoms with E-state index in [0.717, 1.165) is 36.8 Å². The maximum Gasteiger partial charge on any atom is 0.318 e. The van der Waals surface area contributed by atoms with Crippen LogP contribution in [0.2, 0.25) is 0 Å². The summed E-state index contributed by atoms with van der Waals surface area (Å²) in [5, 5.41) is 15.0. The molecular weight excluding hydrogens is 609 g/mol. The average Bonchev–Trinajstić information content (AvgIpc) is 3.90. The molecule has 4 heterocycles. The van der Waals surface area contributed by atoms with Crippen LogP contribution >= 0.6 is 0 Å². The number of alkyl halides is 2. The predicted molar refractivity (Wildman–Crippen MR) is 173 cm³/mol. The van der Waals surface area contributed by atoms with Crippen molar-refractivity contribution in [2.24, 2.45) is 5.41 Å². The van der Waals surface area contributed by atoms with Crippen molar-refractivity contribution in [2.45, 2.75) is 56.2 Å². The van der Waals surface area contributed by atoms with Crippen LogP contribution in [0.15, 0.2) is 35.1 Å². The van der Waals surface area contributed by atoms with E-state index in [9.17, 15) is 18.7 Å². The number of anilines is 1. The van der Waals surface area contributed by atoms with Crippen molar-refractivity contribution in [2.75, 3.05) is 45.2 Å². The van der Waals surface area contributed by atoms with Crippen LogP contribution in [0.1, 0.15) is 43.7 Å². The quantitative estimate of drug-likeness (QED) is 0.267. The van der Waals surface area contributed by atoms with Gasteiger partial charge in [-0.25, -0.2) is 13.2 Å². The number of aromatic hydroxyl groups is 1. The van der Waals surface area contributed by atoms with Crippen molar-refractivity contribution in [3.8, 4) is 35.4 Å². The first-order valence-corrected chi connectivity index (χ1v) is 16.0. The first-order valence-electron chi connectivity index (χ1n) is 16.0. The molecule has 2 saturated heterocycles. The van der Waals surface area contributed by atoms with Gasteiger partial charge in [-0.1, -0.05) is 12.0 Å². The Kier molecular flexibility index (Phi) is 6.76. The van der Waals surface area contributed by atoms with Crippen molar-refractivity contribution < 1.29 is 23.0 Å². The number of halogens is 3. The van der Waals surface area contributed by atoms with Gasteiger partial charge in [0.05, 0.1) is 23.4 Å². The number of terminal acetylenes is 1. The maximum atomic E-state index is 15.0. The first-order chi connectivity index (χ1) is 22.4. The molecule has 12 heteroatoms. The summed E-state index contributed by atoms with van der Waals surface area (Å²) in [6.45, 7) is 2.42. The van der Waals surface area contributed by atoms with E-state index in [2.05, 4.69) is 16.1 Å². The Labute approximate surface area is 269 Å². The Morgan fingerprint density at radius 2 is 1.85 bits per heavy atom. The molecule has 8 rings (SSSR count). The Morgan fingerprint density at radius 3 is 2.49 bits per heavy atom. The summed E-state index contributed by atoms with van der Waals surface area (Å²) in [6, 6.07) is 6.01. The third-order valence-electron chi connectivity index (χ3n) is 10.1. The van der Waals surface area contributed by atoms with E-state index in [4.69, 9.17) is 21.1 Å². The van der Waals surface area contributed by atoms with Crippen molar-refractivity contribution in [3.63, 3.8) is 0 Å². The number of hydrogen-bond acceptors (Lipinski definition) is 8. The van der Waals surface area contributed by atoms with E-state index in [0.29, 0.717) is 30.9 Å². The molecule has 2 aliphatic carbocycles. The molecule has 2 N–H and O–H groups in total. The normalized spacial score (nSPS) is 23.8. The van der Waals surface area contributed by atoms with Gasteiger partial charge in [0.15, 0.2) is 0 Å². The predicted octanol–water partition coefficient (Wildman–Crippen LogP) is 4.68. The molecule has 2 saturated carbocycles. The van der Waals surface area contributed by atoms with Crippen LogP contribution in [0.25, 0.3) is 32.9 Å². The number of rotatable bonds is 8. The molecule has 0 amide bonds. The van der Waals surface area contributed by atoms with E-state index in [1.54, 1.807) is 6.07 Å². The molecule has 0 spiro atoms. The van der Waals surface area contributed by atoms with Crippen LogP contribution in [-0.2, 0) is 0 Å². The van der Waals surface area contributed by atoms with Crippen molar-refractivity contribution >= 4 is 27.5 Å². The highest BCUT2D eigenvalue weighted by atomic mass is 19.3. The van der Waals surface area contributed by atoms with Gasteiger partial charge in [-0.3, -0.25) is 9.36 Å². The second-order valence-electron chi connectivity index (χ2n) is 14.0. The number of ether oxygens (including phenoxy) is 1. The zero-order chi connectivity index (χ0) is 32.8. The number of benzene rings is 2.